The molecule has 35 heavy (non-hydrogen) atoms. The van der Waals surface area contributed by atoms with Crippen LogP contribution in [0.3, 0.4) is 0 Å². The van der Waals surface area contributed by atoms with Crippen LogP contribution < -0.4 is 5.32 Å². The van der Waals surface area contributed by atoms with Crippen LogP contribution in [0.15, 0.2) is 48.5 Å². The number of nitro benzene ring substituents is 1. The number of anilines is 1. The van der Waals surface area contributed by atoms with Crippen molar-refractivity contribution in [3.8, 4) is 0 Å². The highest BCUT2D eigenvalue weighted by Gasteiger charge is 2.19. The maximum Gasteiger partial charge on any atom is 0.331 e. The number of non-ortho nitro benzene ring substituents is 1. The van der Waals surface area contributed by atoms with Crippen molar-refractivity contribution in [2.75, 3.05) is 5.32 Å². The number of amides is 1. The van der Waals surface area contributed by atoms with E-state index in [2.05, 4.69) is 10.4 Å². The molecule has 0 saturated carbocycles. The zero-order chi connectivity index (χ0) is 25.7. The number of hydrogen-bond donors (Lipinski definition) is 1. The molecule has 1 heterocycles. The number of carbonyl (C=O) groups excluding carboxylic acids is 2. The molecule has 0 aliphatic rings. The highest BCUT2D eigenvalue weighted by Crippen LogP contribution is 2.27. The number of nitrogens with one attached hydrogen (secondary N) is 1. The molecule has 1 unspecified atom stereocenters. The third-order valence-electron chi connectivity index (χ3n) is 5.36. The lowest BCUT2D eigenvalue weighted by molar-refractivity contribution is -0.384. The minimum Gasteiger partial charge on any atom is -0.449 e. The van der Waals surface area contributed by atoms with E-state index in [1.807, 2.05) is 49.7 Å². The van der Waals surface area contributed by atoms with Crippen molar-refractivity contribution >= 4 is 40.9 Å². The molecule has 0 bridgehead atoms. The first-order chi connectivity index (χ1) is 16.5. The van der Waals surface area contributed by atoms with Crippen LogP contribution >= 0.6 is 11.6 Å². The number of nitrogens with zero attached hydrogens (tertiary/aromatic N) is 3. The van der Waals surface area contributed by atoms with Gasteiger partial charge in [-0.1, -0.05) is 41.4 Å². The molecule has 0 spiro atoms. The quantitative estimate of drug-likeness (QED) is 0.203. The van der Waals surface area contributed by atoms with Crippen molar-refractivity contribution in [2.45, 2.75) is 40.3 Å². The van der Waals surface area contributed by atoms with Gasteiger partial charge in [-0.05, 0) is 45.4 Å². The molecular weight excluding hydrogens is 472 g/mol. The summed E-state index contributed by atoms with van der Waals surface area (Å²) in [6, 6.07) is 11.8. The summed E-state index contributed by atoms with van der Waals surface area (Å²) in [6.07, 6.45) is 1.68. The van der Waals surface area contributed by atoms with Crippen LogP contribution in [0.25, 0.3) is 6.08 Å². The molecule has 2 aromatic carbocycles. The monoisotopic (exact) mass is 496 g/mol. The Morgan fingerprint density at radius 3 is 2.54 bits per heavy atom. The standard InChI is InChI=1S/C25H25ClN4O5/c1-15-5-7-19(8-6-15)14-29-17(3)21(16(2)28-29)10-12-24(31)35-18(4)25(32)27-23-13-20(30(33)34)9-11-22(23)26/h5-13,18H,14H2,1-4H3,(H,27,32)/b12-10+. The van der Waals surface area contributed by atoms with Gasteiger partial charge in [0.05, 0.1) is 27.9 Å². The molecule has 9 nitrogen and oxygen atoms in total. The summed E-state index contributed by atoms with van der Waals surface area (Å²) < 4.78 is 7.04. The molecule has 0 fully saturated rings. The number of carbonyl (C=O) groups is 2. The van der Waals surface area contributed by atoms with Crippen molar-refractivity contribution in [3.05, 3.63) is 91.8 Å². The van der Waals surface area contributed by atoms with E-state index >= 15 is 0 Å². The predicted octanol–water partition coefficient (Wildman–Crippen LogP) is 5.00. The van der Waals surface area contributed by atoms with Crippen LogP contribution in [-0.4, -0.2) is 32.7 Å². The van der Waals surface area contributed by atoms with Gasteiger partial charge in [0.1, 0.15) is 0 Å². The van der Waals surface area contributed by atoms with Crippen molar-refractivity contribution < 1.29 is 19.2 Å². The number of aromatic nitrogens is 2. The van der Waals surface area contributed by atoms with Crippen LogP contribution in [0.4, 0.5) is 11.4 Å². The smallest absolute Gasteiger partial charge is 0.331 e. The number of hydrogen-bond acceptors (Lipinski definition) is 6. The number of benzene rings is 2. The summed E-state index contributed by atoms with van der Waals surface area (Å²) >= 11 is 6.00. The molecule has 182 valence electrons. The predicted molar refractivity (Wildman–Crippen MR) is 133 cm³/mol. The summed E-state index contributed by atoms with van der Waals surface area (Å²) in [5.74, 6) is -1.39. The highest BCUT2D eigenvalue weighted by molar-refractivity contribution is 6.33. The Kier molecular flexibility index (Phi) is 8.03. The van der Waals surface area contributed by atoms with Crippen molar-refractivity contribution in [3.63, 3.8) is 0 Å². The molecule has 3 rings (SSSR count). The van der Waals surface area contributed by atoms with E-state index in [0.29, 0.717) is 6.54 Å². The zero-order valence-corrected chi connectivity index (χ0v) is 20.5. The average Bonchev–Trinajstić information content (AvgIpc) is 3.07. The molecular formula is C25H25ClN4O5. The molecule has 3 aromatic rings. The Balaban J connectivity index is 1.63. The number of halogens is 1. The van der Waals surface area contributed by atoms with Crippen LogP contribution in [0.5, 0.6) is 0 Å². The molecule has 1 amide bonds. The van der Waals surface area contributed by atoms with Crippen molar-refractivity contribution in [1.29, 1.82) is 0 Å². The Labute approximate surface area is 207 Å². The maximum atomic E-state index is 12.4. The van der Waals surface area contributed by atoms with E-state index < -0.39 is 22.9 Å². The fourth-order valence-electron chi connectivity index (χ4n) is 3.35. The van der Waals surface area contributed by atoms with Crippen molar-refractivity contribution in [2.24, 2.45) is 0 Å². The van der Waals surface area contributed by atoms with E-state index in [0.717, 1.165) is 28.6 Å². The summed E-state index contributed by atoms with van der Waals surface area (Å²) in [4.78, 5) is 35.1. The lowest BCUT2D eigenvalue weighted by Gasteiger charge is -2.13. The minimum atomic E-state index is -1.16. The third-order valence-corrected chi connectivity index (χ3v) is 5.69. The third kappa shape index (κ3) is 6.54. The molecule has 0 saturated heterocycles. The first kappa shape index (κ1) is 25.6. The average molecular weight is 497 g/mol. The van der Waals surface area contributed by atoms with Crippen LogP contribution in [0.1, 0.15) is 35.0 Å². The number of rotatable bonds is 8. The van der Waals surface area contributed by atoms with Gasteiger partial charge in [0, 0.05) is 29.5 Å². The van der Waals surface area contributed by atoms with Gasteiger partial charge in [0.15, 0.2) is 6.10 Å². The molecule has 0 radical (unpaired) electrons. The Hall–Kier alpha value is -3.98. The van der Waals surface area contributed by atoms with Gasteiger partial charge >= 0.3 is 5.97 Å². The van der Waals surface area contributed by atoms with E-state index in [1.54, 1.807) is 6.08 Å². The number of esters is 1. The second kappa shape index (κ2) is 11.0. The molecule has 1 aromatic heterocycles. The second-order valence-electron chi connectivity index (χ2n) is 8.05. The van der Waals surface area contributed by atoms with Gasteiger partial charge in [-0.25, -0.2) is 4.79 Å². The number of ether oxygens (including phenoxy) is 1. The molecule has 0 aliphatic heterocycles. The number of aryl methyl sites for hydroxylation is 2. The van der Waals surface area contributed by atoms with Crippen molar-refractivity contribution in [1.82, 2.24) is 9.78 Å². The largest absolute Gasteiger partial charge is 0.449 e. The van der Waals surface area contributed by atoms with E-state index in [4.69, 9.17) is 16.3 Å². The van der Waals surface area contributed by atoms with E-state index in [9.17, 15) is 19.7 Å². The lowest BCUT2D eigenvalue weighted by Crippen LogP contribution is -2.29. The molecule has 1 atom stereocenters. The van der Waals surface area contributed by atoms with Crippen LogP contribution in [0, 0.1) is 30.9 Å². The fourth-order valence-corrected chi connectivity index (χ4v) is 3.51. The van der Waals surface area contributed by atoms with E-state index in [-0.39, 0.29) is 16.4 Å². The summed E-state index contributed by atoms with van der Waals surface area (Å²) in [5, 5.41) is 18.1. The summed E-state index contributed by atoms with van der Waals surface area (Å²) in [5.41, 5.74) is 4.54. The Morgan fingerprint density at radius 1 is 1.20 bits per heavy atom. The van der Waals surface area contributed by atoms with Gasteiger partial charge in [-0.2, -0.15) is 5.10 Å². The first-order valence-corrected chi connectivity index (χ1v) is 11.2. The SMILES string of the molecule is Cc1ccc(Cn2nc(C)c(/C=C/C(=O)OC(C)C(=O)Nc3cc([N+](=O)[O-])ccc3Cl)c2C)cc1. The van der Waals surface area contributed by atoms with Gasteiger partial charge in [-0.3, -0.25) is 19.6 Å². The summed E-state index contributed by atoms with van der Waals surface area (Å²) in [7, 11) is 0. The molecule has 1 N–H and O–H groups in total. The fraction of sp³-hybridized carbons (Fsp3) is 0.240. The second-order valence-corrected chi connectivity index (χ2v) is 8.46. The first-order valence-electron chi connectivity index (χ1n) is 10.8. The van der Waals surface area contributed by atoms with Gasteiger partial charge in [0.2, 0.25) is 0 Å². The Bertz CT molecular complexity index is 1300. The minimum absolute atomic E-state index is 0.0524. The van der Waals surface area contributed by atoms with Gasteiger partial charge in [0.25, 0.3) is 11.6 Å². The maximum absolute atomic E-state index is 12.4. The normalized spacial score (nSPS) is 11.9. The highest BCUT2D eigenvalue weighted by atomic mass is 35.5. The zero-order valence-electron chi connectivity index (χ0n) is 19.7. The van der Waals surface area contributed by atoms with E-state index in [1.165, 1.54) is 30.7 Å². The Morgan fingerprint density at radius 2 is 1.89 bits per heavy atom. The summed E-state index contributed by atoms with van der Waals surface area (Å²) in [6.45, 7) is 7.79. The van der Waals surface area contributed by atoms with Crippen LogP contribution in [-0.2, 0) is 20.9 Å². The van der Waals surface area contributed by atoms with Gasteiger partial charge in [-0.15, -0.1) is 0 Å². The topological polar surface area (TPSA) is 116 Å². The number of nitro groups is 1. The molecule has 0 aliphatic carbocycles. The lowest BCUT2D eigenvalue weighted by atomic mass is 10.1. The van der Waals surface area contributed by atoms with Gasteiger partial charge < -0.3 is 10.1 Å². The molecule has 10 heteroatoms. The van der Waals surface area contributed by atoms with Crippen LogP contribution in [0.2, 0.25) is 5.02 Å².